The van der Waals surface area contributed by atoms with E-state index in [0.29, 0.717) is 12.4 Å². The van der Waals surface area contributed by atoms with Crippen LogP contribution in [0.3, 0.4) is 0 Å². The normalized spacial score (nSPS) is 21.2. The van der Waals surface area contributed by atoms with Gasteiger partial charge in [-0.2, -0.15) is 0 Å². The molecular weight excluding hydrogens is 271 g/mol. The number of nitrogens with zero attached hydrogens (tertiary/aromatic N) is 1. The van der Waals surface area contributed by atoms with E-state index < -0.39 is 0 Å². The second-order valence-electron chi connectivity index (χ2n) is 5.22. The van der Waals surface area contributed by atoms with Gasteiger partial charge in [0.25, 0.3) is 0 Å². The first kappa shape index (κ1) is 16.2. The van der Waals surface area contributed by atoms with E-state index in [1.54, 1.807) is 19.2 Å². The van der Waals surface area contributed by atoms with Crippen LogP contribution in [-0.2, 0) is 4.74 Å². The zero-order chi connectivity index (χ0) is 15.2. The highest BCUT2D eigenvalue weighted by Gasteiger charge is 2.30. The minimum atomic E-state index is -0.253. The minimum Gasteiger partial charge on any atom is -0.496 e. The molecule has 2 unspecified atom stereocenters. The third-order valence-corrected chi connectivity index (χ3v) is 3.95. The number of morpholine rings is 1. The maximum Gasteiger partial charge on any atom is 0.123 e. The van der Waals surface area contributed by atoms with Crippen LogP contribution in [0.4, 0.5) is 4.39 Å². The van der Waals surface area contributed by atoms with Crippen LogP contribution < -0.4 is 10.1 Å². The summed E-state index contributed by atoms with van der Waals surface area (Å²) < 4.78 is 25.0. The summed E-state index contributed by atoms with van der Waals surface area (Å²) in [6, 6.07) is 4.57. The summed E-state index contributed by atoms with van der Waals surface area (Å²) in [6.07, 6.45) is -0.00523. The predicted molar refractivity (Wildman–Crippen MR) is 81.2 cm³/mol. The standard InChI is InChI=1S/C16H25FN2O2/c1-4-18-16(15-11-19(5-2)8-9-21-15)13-10-12(17)6-7-14(13)20-3/h6-7,10,15-16,18H,4-5,8-9,11H2,1-3H3. The Balaban J connectivity index is 2.27. The van der Waals surface area contributed by atoms with Crippen molar-refractivity contribution in [3.05, 3.63) is 29.6 Å². The first-order chi connectivity index (χ1) is 10.2. The van der Waals surface area contributed by atoms with Crippen molar-refractivity contribution in [3.8, 4) is 5.75 Å². The Hall–Kier alpha value is -1.17. The quantitative estimate of drug-likeness (QED) is 0.872. The fourth-order valence-electron chi connectivity index (χ4n) is 2.83. The molecule has 118 valence electrons. The second kappa shape index (κ2) is 7.73. The van der Waals surface area contributed by atoms with E-state index in [-0.39, 0.29) is 18.0 Å². The molecule has 1 saturated heterocycles. The monoisotopic (exact) mass is 296 g/mol. The highest BCUT2D eigenvalue weighted by Crippen LogP contribution is 2.30. The van der Waals surface area contributed by atoms with E-state index in [0.717, 1.165) is 31.7 Å². The van der Waals surface area contributed by atoms with Gasteiger partial charge in [-0.25, -0.2) is 4.39 Å². The van der Waals surface area contributed by atoms with Gasteiger partial charge in [-0.05, 0) is 31.3 Å². The zero-order valence-electron chi connectivity index (χ0n) is 13.1. The number of halogens is 1. The van der Waals surface area contributed by atoms with Crippen LogP contribution >= 0.6 is 0 Å². The Kier molecular flexibility index (Phi) is 5.96. The van der Waals surface area contributed by atoms with Crippen LogP contribution in [0.2, 0.25) is 0 Å². The van der Waals surface area contributed by atoms with Crippen molar-refractivity contribution >= 4 is 0 Å². The molecule has 0 aliphatic carbocycles. The molecule has 0 bridgehead atoms. The van der Waals surface area contributed by atoms with Gasteiger partial charge in [-0.3, -0.25) is 4.90 Å². The van der Waals surface area contributed by atoms with Crippen LogP contribution in [0.25, 0.3) is 0 Å². The summed E-state index contributed by atoms with van der Waals surface area (Å²) in [6.45, 7) is 8.47. The zero-order valence-corrected chi connectivity index (χ0v) is 13.1. The molecule has 0 spiro atoms. The molecule has 21 heavy (non-hydrogen) atoms. The van der Waals surface area contributed by atoms with Gasteiger partial charge in [0.2, 0.25) is 0 Å². The van der Waals surface area contributed by atoms with Crippen molar-refractivity contribution < 1.29 is 13.9 Å². The van der Waals surface area contributed by atoms with Gasteiger partial charge < -0.3 is 14.8 Å². The minimum absolute atomic E-state index is 0.00523. The lowest BCUT2D eigenvalue weighted by Crippen LogP contribution is -2.48. The number of nitrogens with one attached hydrogen (secondary N) is 1. The average Bonchev–Trinajstić information content (AvgIpc) is 2.52. The van der Waals surface area contributed by atoms with E-state index in [2.05, 4.69) is 17.1 Å². The Morgan fingerprint density at radius 3 is 2.95 bits per heavy atom. The number of hydrogen-bond acceptors (Lipinski definition) is 4. The fourth-order valence-corrected chi connectivity index (χ4v) is 2.83. The molecule has 0 aromatic heterocycles. The van der Waals surface area contributed by atoms with Crippen molar-refractivity contribution in [1.82, 2.24) is 10.2 Å². The lowest BCUT2D eigenvalue weighted by molar-refractivity contribution is -0.0457. The maximum atomic E-state index is 13.7. The number of methoxy groups -OCH3 is 1. The van der Waals surface area contributed by atoms with E-state index in [4.69, 9.17) is 9.47 Å². The third kappa shape index (κ3) is 3.93. The van der Waals surface area contributed by atoms with Gasteiger partial charge in [0, 0.05) is 18.7 Å². The number of rotatable bonds is 6. The Morgan fingerprint density at radius 2 is 2.29 bits per heavy atom. The number of benzene rings is 1. The summed E-state index contributed by atoms with van der Waals surface area (Å²) in [7, 11) is 1.61. The highest BCUT2D eigenvalue weighted by molar-refractivity contribution is 5.37. The van der Waals surface area contributed by atoms with Crippen LogP contribution in [0.5, 0.6) is 5.75 Å². The average molecular weight is 296 g/mol. The molecule has 1 aromatic rings. The number of ether oxygens (including phenoxy) is 2. The molecule has 1 aliphatic rings. The van der Waals surface area contributed by atoms with Gasteiger partial charge in [0.15, 0.2) is 0 Å². The van der Waals surface area contributed by atoms with E-state index in [1.807, 2.05) is 6.92 Å². The molecule has 5 heteroatoms. The molecule has 4 nitrogen and oxygen atoms in total. The molecule has 0 radical (unpaired) electrons. The van der Waals surface area contributed by atoms with Gasteiger partial charge in [-0.1, -0.05) is 13.8 Å². The Morgan fingerprint density at radius 1 is 1.48 bits per heavy atom. The molecule has 1 aromatic carbocycles. The molecule has 2 atom stereocenters. The first-order valence-corrected chi connectivity index (χ1v) is 7.60. The summed E-state index contributed by atoms with van der Waals surface area (Å²) in [4.78, 5) is 2.35. The van der Waals surface area contributed by atoms with E-state index >= 15 is 0 Å². The molecule has 1 N–H and O–H groups in total. The van der Waals surface area contributed by atoms with E-state index in [9.17, 15) is 4.39 Å². The first-order valence-electron chi connectivity index (χ1n) is 7.60. The van der Waals surface area contributed by atoms with Crippen LogP contribution in [0, 0.1) is 5.82 Å². The predicted octanol–water partition coefficient (Wildman–Crippen LogP) is 2.21. The topological polar surface area (TPSA) is 33.7 Å². The van der Waals surface area contributed by atoms with Gasteiger partial charge in [-0.15, -0.1) is 0 Å². The van der Waals surface area contributed by atoms with Crippen LogP contribution in [0.15, 0.2) is 18.2 Å². The lowest BCUT2D eigenvalue weighted by Gasteiger charge is -2.37. The van der Waals surface area contributed by atoms with Gasteiger partial charge >= 0.3 is 0 Å². The molecule has 0 amide bonds. The van der Waals surface area contributed by atoms with Gasteiger partial charge in [0.05, 0.1) is 25.9 Å². The summed E-state index contributed by atoms with van der Waals surface area (Å²) in [5.74, 6) is 0.441. The maximum absolute atomic E-state index is 13.7. The molecular formula is C16H25FN2O2. The summed E-state index contributed by atoms with van der Waals surface area (Å²) >= 11 is 0. The number of hydrogen-bond donors (Lipinski definition) is 1. The molecule has 2 rings (SSSR count). The van der Waals surface area contributed by atoms with Crippen molar-refractivity contribution in [2.75, 3.05) is 39.9 Å². The van der Waals surface area contributed by atoms with Crippen molar-refractivity contribution in [2.45, 2.75) is 26.0 Å². The van der Waals surface area contributed by atoms with Crippen molar-refractivity contribution in [1.29, 1.82) is 0 Å². The van der Waals surface area contributed by atoms with Gasteiger partial charge in [0.1, 0.15) is 11.6 Å². The lowest BCUT2D eigenvalue weighted by atomic mass is 9.98. The molecule has 0 saturated carbocycles. The smallest absolute Gasteiger partial charge is 0.123 e. The van der Waals surface area contributed by atoms with Crippen molar-refractivity contribution in [2.24, 2.45) is 0 Å². The Bertz CT molecular complexity index is 456. The van der Waals surface area contributed by atoms with Crippen molar-refractivity contribution in [3.63, 3.8) is 0 Å². The molecule has 1 aliphatic heterocycles. The van der Waals surface area contributed by atoms with Crippen LogP contribution in [0.1, 0.15) is 25.5 Å². The van der Waals surface area contributed by atoms with E-state index in [1.165, 1.54) is 6.07 Å². The molecule has 1 fully saturated rings. The molecule has 1 heterocycles. The fraction of sp³-hybridized carbons (Fsp3) is 0.625. The van der Waals surface area contributed by atoms with Crippen LogP contribution in [-0.4, -0.2) is 50.9 Å². The summed E-state index contributed by atoms with van der Waals surface area (Å²) in [5, 5.41) is 3.42. The largest absolute Gasteiger partial charge is 0.496 e. The second-order valence-corrected chi connectivity index (χ2v) is 5.22. The highest BCUT2D eigenvalue weighted by atomic mass is 19.1. The number of likely N-dealkylation sites (N-methyl/N-ethyl adjacent to an activating group) is 2. The SMILES string of the molecule is CCNC(c1cc(F)ccc1OC)C1CN(CC)CCO1. The Labute approximate surface area is 126 Å². The summed E-state index contributed by atoms with van der Waals surface area (Å²) in [5.41, 5.74) is 0.822. The third-order valence-electron chi connectivity index (χ3n) is 3.95.